The molecule has 78 heavy (non-hydrogen) atoms. The summed E-state index contributed by atoms with van der Waals surface area (Å²) in [6.07, 6.45) is -10.7. The van der Waals surface area contributed by atoms with E-state index in [9.17, 15) is 66.3 Å². The van der Waals surface area contributed by atoms with Crippen LogP contribution >= 0.6 is 11.6 Å². The molecule has 0 saturated heterocycles. The number of esters is 1. The van der Waals surface area contributed by atoms with Crippen molar-refractivity contribution in [2.75, 3.05) is 23.4 Å². The highest BCUT2D eigenvalue weighted by Gasteiger charge is 2.68. The van der Waals surface area contributed by atoms with Crippen LogP contribution in [0, 0.1) is 23.5 Å². The highest BCUT2D eigenvalue weighted by atomic mass is 35.5. The van der Waals surface area contributed by atoms with E-state index in [4.69, 9.17) is 27.1 Å². The Morgan fingerprint density at radius 3 is 2.17 bits per heavy atom. The lowest BCUT2D eigenvalue weighted by Crippen LogP contribution is -2.37. The van der Waals surface area contributed by atoms with Gasteiger partial charge in [-0.3, -0.25) is 28.7 Å². The van der Waals surface area contributed by atoms with Crippen molar-refractivity contribution in [1.82, 2.24) is 29.9 Å². The second-order valence-corrected chi connectivity index (χ2v) is 25.3. The minimum atomic E-state index is -5.22. The van der Waals surface area contributed by atoms with E-state index in [2.05, 4.69) is 15.5 Å². The van der Waals surface area contributed by atoms with Gasteiger partial charge in [-0.2, -0.15) is 49.6 Å². The number of anilines is 1. The van der Waals surface area contributed by atoms with Crippen LogP contribution in [0.1, 0.15) is 106 Å². The molecule has 29 heteroatoms. The number of alkyl halides is 8. The highest BCUT2D eigenvalue weighted by Crippen LogP contribution is 2.68. The van der Waals surface area contributed by atoms with E-state index >= 15 is 8.78 Å². The number of aromatic nitrogens is 5. The van der Waals surface area contributed by atoms with Crippen molar-refractivity contribution >= 4 is 66.0 Å². The van der Waals surface area contributed by atoms with Crippen molar-refractivity contribution in [3.05, 3.63) is 93.0 Å². The third-order valence-electron chi connectivity index (χ3n) is 13.7. The van der Waals surface area contributed by atoms with Crippen molar-refractivity contribution in [2.45, 2.75) is 127 Å². The van der Waals surface area contributed by atoms with Crippen molar-refractivity contribution in [3.8, 4) is 11.1 Å². The van der Waals surface area contributed by atoms with Crippen LogP contribution in [0.5, 0.6) is 0 Å². The molecule has 7 rings (SSSR count). The molecule has 2 aliphatic carbocycles. The van der Waals surface area contributed by atoms with E-state index in [1.807, 2.05) is 0 Å². The Morgan fingerprint density at radius 1 is 0.936 bits per heavy atom. The molecule has 3 N–H and O–H groups in total. The third-order valence-corrected chi connectivity index (χ3v) is 17.3. The number of unbranched alkanes of at least 4 members (excludes halogenated alkanes) is 1. The number of halogens is 11. The average Bonchev–Trinajstić information content (AvgIpc) is 3.96. The Morgan fingerprint density at radius 2 is 1.58 bits per heavy atom. The first-order valence-corrected chi connectivity index (χ1v) is 28.2. The molecule has 2 aromatic carbocycles. The van der Waals surface area contributed by atoms with Crippen LogP contribution in [0.2, 0.25) is 5.02 Å². The molecule has 16 nitrogen and oxygen atoms in total. The number of rotatable bonds is 21. The number of sulfone groups is 1. The minimum absolute atomic E-state index is 0.0116. The Bertz CT molecular complexity index is 3380. The number of aryl methyl sites for hydroxylation is 1. The zero-order valence-electron chi connectivity index (χ0n) is 42.5. The topological polar surface area (TPSA) is 219 Å². The second-order valence-electron chi connectivity index (χ2n) is 20.4. The molecule has 2 aliphatic rings. The zero-order valence-corrected chi connectivity index (χ0v) is 44.9. The van der Waals surface area contributed by atoms with Crippen LogP contribution in [-0.2, 0) is 77.0 Å². The summed E-state index contributed by atoms with van der Waals surface area (Å²) in [5.74, 6) is -13.2. The Labute approximate surface area is 446 Å². The van der Waals surface area contributed by atoms with Crippen LogP contribution < -0.4 is 15.4 Å². The van der Waals surface area contributed by atoms with Crippen molar-refractivity contribution in [2.24, 2.45) is 17.6 Å². The van der Waals surface area contributed by atoms with Gasteiger partial charge in [0, 0.05) is 47.0 Å². The van der Waals surface area contributed by atoms with Crippen LogP contribution in [0.3, 0.4) is 0 Å². The van der Waals surface area contributed by atoms with Gasteiger partial charge in [-0.05, 0) is 94.0 Å². The summed E-state index contributed by atoms with van der Waals surface area (Å²) < 4.78 is 205. The quantitative estimate of drug-likeness (QED) is 0.0400. The minimum Gasteiger partial charge on any atom is -0.465 e. The average molecular weight is 1170 g/mol. The van der Waals surface area contributed by atoms with Gasteiger partial charge in [0.15, 0.2) is 21.3 Å². The SMILES string of the molecule is CC(C)[C@H](N)C(=O)OCCCCC(=O)N(c1nn(CC(F)(F)F)c2c(-c3ccc(CCC(C)(C)S(C)(=O)=O)nc3[C@H](Cc3cc(F)cc(F)c3)NC(=O)Cn3nc(C(F)(F)F)c4c3C(F)(F)C3C[C@H]43)ccc(Cl)c12)S(C)(=O)=O. The maximum absolute atomic E-state index is 15.7. The molecular formula is C49H53ClF10N8O8S2. The first-order chi connectivity index (χ1) is 35.9. The van der Waals surface area contributed by atoms with Gasteiger partial charge in [0.05, 0.1) is 45.3 Å². The maximum Gasteiger partial charge on any atom is 0.435 e. The number of amides is 2. The van der Waals surface area contributed by atoms with E-state index < -0.39 is 161 Å². The zero-order chi connectivity index (χ0) is 58.0. The number of nitrogens with two attached hydrogens (primary N) is 1. The van der Waals surface area contributed by atoms with Gasteiger partial charge in [0.25, 0.3) is 5.92 Å². The van der Waals surface area contributed by atoms with Crippen LogP contribution in [0.15, 0.2) is 42.5 Å². The first kappa shape index (κ1) is 59.8. The molecule has 2 amide bonds. The summed E-state index contributed by atoms with van der Waals surface area (Å²) in [6.45, 7) is 2.71. The van der Waals surface area contributed by atoms with E-state index in [1.54, 1.807) is 13.8 Å². The Kier molecular flexibility index (Phi) is 16.6. The summed E-state index contributed by atoms with van der Waals surface area (Å²) in [6, 6.07) is 4.30. The van der Waals surface area contributed by atoms with Gasteiger partial charge >= 0.3 is 18.3 Å². The number of pyridine rings is 1. The largest absolute Gasteiger partial charge is 0.465 e. The summed E-state index contributed by atoms with van der Waals surface area (Å²) in [7, 11) is -8.53. The lowest BCUT2D eigenvalue weighted by molar-refractivity contribution is -0.146. The number of nitrogens with one attached hydrogen (secondary N) is 1. The van der Waals surface area contributed by atoms with Crippen molar-refractivity contribution < 1.29 is 79.9 Å². The molecule has 5 aromatic rings. The lowest BCUT2D eigenvalue weighted by atomic mass is 9.93. The van der Waals surface area contributed by atoms with Crippen LogP contribution in [0.4, 0.5) is 49.7 Å². The van der Waals surface area contributed by atoms with Gasteiger partial charge in [0.2, 0.25) is 21.8 Å². The van der Waals surface area contributed by atoms with Gasteiger partial charge < -0.3 is 15.8 Å². The number of nitrogens with zero attached hydrogens (tertiary/aromatic N) is 6. The Hall–Kier alpha value is -5.87. The molecule has 3 aromatic heterocycles. The second kappa shape index (κ2) is 21.6. The molecule has 0 aliphatic heterocycles. The fraction of sp³-hybridized carbons (Fsp3) is 0.510. The molecule has 1 fully saturated rings. The number of benzene rings is 2. The molecule has 0 spiro atoms. The number of sulfonamides is 1. The van der Waals surface area contributed by atoms with Crippen LogP contribution in [-0.4, -0.2) is 95.2 Å². The van der Waals surface area contributed by atoms with E-state index in [0.717, 1.165) is 30.5 Å². The molecule has 0 radical (unpaired) electrons. The fourth-order valence-corrected chi connectivity index (χ4v) is 10.9. The van der Waals surface area contributed by atoms with Gasteiger partial charge in [-0.25, -0.2) is 25.6 Å². The van der Waals surface area contributed by atoms with Gasteiger partial charge in [-0.1, -0.05) is 37.6 Å². The smallest absolute Gasteiger partial charge is 0.435 e. The Balaban J connectivity index is 1.39. The summed E-state index contributed by atoms with van der Waals surface area (Å²) in [5, 5.41) is 8.90. The molecule has 1 unspecified atom stereocenters. The highest BCUT2D eigenvalue weighted by molar-refractivity contribution is 7.93. The predicted octanol–water partition coefficient (Wildman–Crippen LogP) is 8.86. The standard InChI is InChI=1S/C49H53ClF10N8O8S2/c1-24(2)39(61)45(71)76-16-8-7-9-36(70)68(78(6,74)75)44-38-33(50)13-12-30(41(38)67(65-44)23-47(53,54)55)29-11-10-28(14-15-46(3,4)77(5,72)73)62-40(29)34(19-25-17-26(51)20-27(52)18-25)63-35(69)22-66-43-37(42(64-66)49(58,59)60)31-21-32(31)48(43,56)57/h10-13,17-18,20,24,31-32,34,39H,7-9,14-16,19,21-23,61H2,1-6H3,(H,63,69)/t31-,32?,34-,39-/m0/s1. The molecule has 3 heterocycles. The monoisotopic (exact) mass is 1170 g/mol. The number of hydrogen-bond donors (Lipinski definition) is 2. The maximum atomic E-state index is 15.7. The number of ether oxygens (including phenoxy) is 1. The number of carbonyl (C=O) groups excluding carboxylic acids is 3. The normalized spacial score (nSPS) is 17.2. The summed E-state index contributed by atoms with van der Waals surface area (Å²) >= 11 is 6.71. The fourth-order valence-electron chi connectivity index (χ4n) is 9.30. The number of carbonyl (C=O) groups is 3. The summed E-state index contributed by atoms with van der Waals surface area (Å²) in [5.41, 5.74) is 0.590. The third kappa shape index (κ3) is 12.8. The van der Waals surface area contributed by atoms with E-state index in [0.29, 0.717) is 17.0 Å². The van der Waals surface area contributed by atoms with Gasteiger partial charge in [-0.15, -0.1) is 0 Å². The van der Waals surface area contributed by atoms with Crippen LogP contribution in [0.25, 0.3) is 22.0 Å². The number of hydrogen-bond acceptors (Lipinski definition) is 12. The van der Waals surface area contributed by atoms with Crippen molar-refractivity contribution in [3.63, 3.8) is 0 Å². The van der Waals surface area contributed by atoms with Crippen molar-refractivity contribution in [1.29, 1.82) is 0 Å². The molecular weight excluding hydrogens is 1120 g/mol. The van der Waals surface area contributed by atoms with E-state index in [1.165, 1.54) is 26.0 Å². The number of fused-ring (bicyclic) bond motifs is 4. The lowest BCUT2D eigenvalue weighted by Gasteiger charge is -2.25. The molecule has 426 valence electrons. The van der Waals surface area contributed by atoms with Gasteiger partial charge in [0.1, 0.15) is 36.5 Å². The molecule has 1 saturated carbocycles. The first-order valence-electron chi connectivity index (χ1n) is 24.1. The summed E-state index contributed by atoms with van der Waals surface area (Å²) in [4.78, 5) is 45.2. The molecule has 0 bridgehead atoms. The molecule has 4 atom stereocenters. The predicted molar refractivity (Wildman–Crippen MR) is 264 cm³/mol. The van der Waals surface area contributed by atoms with E-state index in [-0.39, 0.29) is 81.7 Å².